The van der Waals surface area contributed by atoms with E-state index in [1.807, 2.05) is 48.2 Å². The molecule has 1 saturated heterocycles. The number of halogens is 1. The van der Waals surface area contributed by atoms with Crippen molar-refractivity contribution in [1.82, 2.24) is 4.90 Å². The van der Waals surface area contributed by atoms with E-state index in [4.69, 9.17) is 10.5 Å². The molecular formula is C24H31ClN2O3. The van der Waals surface area contributed by atoms with Crippen LogP contribution in [0, 0.1) is 6.92 Å². The molecule has 0 unspecified atom stereocenters. The van der Waals surface area contributed by atoms with Crippen LogP contribution in [0.4, 0.5) is 0 Å². The zero-order chi connectivity index (χ0) is 20.4. The predicted octanol–water partition coefficient (Wildman–Crippen LogP) is 3.99. The monoisotopic (exact) mass is 430 g/mol. The van der Waals surface area contributed by atoms with Crippen LogP contribution in [0.15, 0.2) is 36.4 Å². The number of phenols is 1. The third kappa shape index (κ3) is 4.64. The largest absolute Gasteiger partial charge is 0.507 e. The minimum atomic E-state index is -0.226. The van der Waals surface area contributed by atoms with Crippen molar-refractivity contribution >= 4 is 18.3 Å². The van der Waals surface area contributed by atoms with Gasteiger partial charge in [0.1, 0.15) is 5.75 Å². The standard InChI is InChI=1S/C24H30N2O3.ClH/c1-16-5-10-19-20(24(16)28)14-21(29-22(19)15-25)18-8-6-17(7-9-18)13-23(27)26-11-3-2-4-12-26;/h5-10,21-22,28H,2-4,11-15,25H2,1H3;1H/t21-,22-;/m0./s1. The molecule has 0 aromatic heterocycles. The number of nitrogens with zero attached hydrogens (tertiary/aromatic N) is 1. The molecule has 0 spiro atoms. The van der Waals surface area contributed by atoms with Crippen LogP contribution >= 0.6 is 12.4 Å². The Labute approximate surface area is 184 Å². The van der Waals surface area contributed by atoms with Crippen LogP contribution in [0.5, 0.6) is 5.75 Å². The summed E-state index contributed by atoms with van der Waals surface area (Å²) < 4.78 is 6.25. The lowest BCUT2D eigenvalue weighted by molar-refractivity contribution is -0.131. The van der Waals surface area contributed by atoms with Gasteiger partial charge in [0.05, 0.1) is 18.6 Å². The van der Waals surface area contributed by atoms with Gasteiger partial charge in [-0.15, -0.1) is 12.4 Å². The lowest BCUT2D eigenvalue weighted by Crippen LogP contribution is -2.36. The molecule has 1 amide bonds. The Hall–Kier alpha value is -2.08. The normalized spacial score (nSPS) is 20.9. The van der Waals surface area contributed by atoms with E-state index in [2.05, 4.69) is 0 Å². The topological polar surface area (TPSA) is 75.8 Å². The molecular weight excluding hydrogens is 400 g/mol. The summed E-state index contributed by atoms with van der Waals surface area (Å²) in [4.78, 5) is 14.5. The van der Waals surface area contributed by atoms with Crippen molar-refractivity contribution in [2.24, 2.45) is 5.73 Å². The summed E-state index contributed by atoms with van der Waals surface area (Å²) in [6.45, 7) is 4.05. The van der Waals surface area contributed by atoms with Crippen molar-refractivity contribution < 1.29 is 14.6 Å². The number of aromatic hydroxyl groups is 1. The third-order valence-corrected chi connectivity index (χ3v) is 6.22. The number of ether oxygens (including phenoxy) is 1. The Morgan fingerprint density at radius 2 is 1.83 bits per heavy atom. The van der Waals surface area contributed by atoms with Crippen molar-refractivity contribution in [1.29, 1.82) is 0 Å². The Kier molecular flexibility index (Phi) is 7.40. The quantitative estimate of drug-likeness (QED) is 0.768. The van der Waals surface area contributed by atoms with Crippen LogP contribution in [0.1, 0.15) is 59.3 Å². The van der Waals surface area contributed by atoms with Gasteiger partial charge in [-0.2, -0.15) is 0 Å². The SMILES string of the molecule is Cc1ccc2c(c1O)C[C@@H](c1ccc(CC(=O)N3CCCCC3)cc1)O[C@H]2CN.Cl. The van der Waals surface area contributed by atoms with E-state index in [1.54, 1.807) is 0 Å². The van der Waals surface area contributed by atoms with E-state index in [9.17, 15) is 9.90 Å². The lowest BCUT2D eigenvalue weighted by Gasteiger charge is -2.33. The number of fused-ring (bicyclic) bond motifs is 1. The van der Waals surface area contributed by atoms with Gasteiger partial charge in [-0.1, -0.05) is 36.4 Å². The number of carbonyl (C=O) groups is 1. The highest BCUT2D eigenvalue weighted by atomic mass is 35.5. The molecule has 0 bridgehead atoms. The molecule has 4 rings (SSSR count). The molecule has 162 valence electrons. The highest BCUT2D eigenvalue weighted by Gasteiger charge is 2.30. The first-order valence-electron chi connectivity index (χ1n) is 10.6. The van der Waals surface area contributed by atoms with Crippen molar-refractivity contribution in [3.63, 3.8) is 0 Å². The van der Waals surface area contributed by atoms with E-state index >= 15 is 0 Å². The summed E-state index contributed by atoms with van der Waals surface area (Å²) in [5, 5.41) is 10.5. The van der Waals surface area contributed by atoms with Crippen LogP contribution in [0.25, 0.3) is 0 Å². The molecule has 5 nitrogen and oxygen atoms in total. The smallest absolute Gasteiger partial charge is 0.226 e. The van der Waals surface area contributed by atoms with Gasteiger partial charge in [-0.3, -0.25) is 4.79 Å². The van der Waals surface area contributed by atoms with Crippen LogP contribution < -0.4 is 5.73 Å². The van der Waals surface area contributed by atoms with Gasteiger partial charge < -0.3 is 20.5 Å². The molecule has 1 fully saturated rings. The first-order valence-corrected chi connectivity index (χ1v) is 10.6. The molecule has 2 aromatic carbocycles. The number of hydrogen-bond acceptors (Lipinski definition) is 4. The number of benzene rings is 2. The summed E-state index contributed by atoms with van der Waals surface area (Å²) in [5.41, 5.74) is 10.8. The van der Waals surface area contributed by atoms with Crippen molar-refractivity contribution in [3.05, 3.63) is 64.2 Å². The van der Waals surface area contributed by atoms with E-state index in [0.717, 1.165) is 53.7 Å². The van der Waals surface area contributed by atoms with Gasteiger partial charge in [0, 0.05) is 31.6 Å². The highest BCUT2D eigenvalue weighted by molar-refractivity contribution is 5.85. The average Bonchev–Trinajstić information content (AvgIpc) is 2.77. The minimum absolute atomic E-state index is 0. The first-order chi connectivity index (χ1) is 14.1. The number of piperidine rings is 1. The average molecular weight is 431 g/mol. The number of rotatable bonds is 4. The molecule has 2 heterocycles. The van der Waals surface area contributed by atoms with Gasteiger partial charge in [-0.05, 0) is 48.4 Å². The second-order valence-electron chi connectivity index (χ2n) is 8.21. The fourth-order valence-electron chi connectivity index (χ4n) is 4.45. The summed E-state index contributed by atoms with van der Waals surface area (Å²) >= 11 is 0. The van der Waals surface area contributed by atoms with E-state index in [-0.39, 0.29) is 30.5 Å². The zero-order valence-electron chi connectivity index (χ0n) is 17.5. The molecule has 0 radical (unpaired) electrons. The number of aryl methyl sites for hydroxylation is 1. The van der Waals surface area contributed by atoms with E-state index < -0.39 is 0 Å². The Morgan fingerprint density at radius 3 is 2.50 bits per heavy atom. The molecule has 30 heavy (non-hydrogen) atoms. The molecule has 3 N–H and O–H groups in total. The maximum Gasteiger partial charge on any atom is 0.226 e. The van der Waals surface area contributed by atoms with Crippen molar-refractivity contribution in [3.8, 4) is 5.75 Å². The van der Waals surface area contributed by atoms with Gasteiger partial charge in [0.15, 0.2) is 0 Å². The van der Waals surface area contributed by atoms with Gasteiger partial charge >= 0.3 is 0 Å². The Balaban J connectivity index is 0.00000256. The predicted molar refractivity (Wildman–Crippen MR) is 120 cm³/mol. The van der Waals surface area contributed by atoms with E-state index in [1.165, 1.54) is 6.42 Å². The maximum absolute atomic E-state index is 12.5. The molecule has 0 saturated carbocycles. The summed E-state index contributed by atoms with van der Waals surface area (Å²) in [6, 6.07) is 12.0. The summed E-state index contributed by atoms with van der Waals surface area (Å²) in [6.07, 6.45) is 4.12. The number of hydrogen-bond donors (Lipinski definition) is 2. The number of phenolic OH excluding ortho intramolecular Hbond substituents is 1. The van der Waals surface area contributed by atoms with Gasteiger partial charge in [0.25, 0.3) is 0 Å². The highest BCUT2D eigenvalue weighted by Crippen LogP contribution is 2.41. The van der Waals surface area contributed by atoms with Crippen LogP contribution in [-0.2, 0) is 22.4 Å². The molecule has 2 aliphatic heterocycles. The van der Waals surface area contributed by atoms with Gasteiger partial charge in [-0.25, -0.2) is 0 Å². The van der Waals surface area contributed by atoms with Crippen LogP contribution in [0.3, 0.4) is 0 Å². The minimum Gasteiger partial charge on any atom is -0.507 e. The fourth-order valence-corrected chi connectivity index (χ4v) is 4.45. The lowest BCUT2D eigenvalue weighted by atomic mass is 9.89. The molecule has 6 heteroatoms. The fraction of sp³-hybridized carbons (Fsp3) is 0.458. The second-order valence-corrected chi connectivity index (χ2v) is 8.21. The Bertz CT molecular complexity index is 879. The van der Waals surface area contributed by atoms with Crippen molar-refractivity contribution in [2.75, 3.05) is 19.6 Å². The van der Waals surface area contributed by atoms with Crippen LogP contribution in [0.2, 0.25) is 0 Å². The molecule has 2 atom stereocenters. The number of carbonyl (C=O) groups excluding carboxylic acids is 1. The summed E-state index contributed by atoms with van der Waals surface area (Å²) in [7, 11) is 0. The number of likely N-dealkylation sites (tertiary alicyclic amines) is 1. The van der Waals surface area contributed by atoms with Crippen molar-refractivity contribution in [2.45, 2.75) is 51.2 Å². The maximum atomic E-state index is 12.5. The second kappa shape index (κ2) is 9.82. The Morgan fingerprint density at radius 1 is 1.13 bits per heavy atom. The third-order valence-electron chi connectivity index (χ3n) is 6.22. The first kappa shape index (κ1) is 22.6. The van der Waals surface area contributed by atoms with E-state index in [0.29, 0.717) is 25.1 Å². The molecule has 2 aromatic rings. The van der Waals surface area contributed by atoms with Gasteiger partial charge in [0.2, 0.25) is 5.91 Å². The zero-order valence-corrected chi connectivity index (χ0v) is 18.3. The number of amides is 1. The molecule has 2 aliphatic rings. The molecule has 0 aliphatic carbocycles. The van der Waals surface area contributed by atoms with Crippen LogP contribution in [-0.4, -0.2) is 35.5 Å². The number of nitrogens with two attached hydrogens (primary N) is 1. The summed E-state index contributed by atoms with van der Waals surface area (Å²) in [5.74, 6) is 0.557.